The summed E-state index contributed by atoms with van der Waals surface area (Å²) in [5, 5.41) is 4.75. The van der Waals surface area contributed by atoms with E-state index < -0.39 is 41.7 Å². The van der Waals surface area contributed by atoms with Gasteiger partial charge in [-0.15, -0.1) is 0 Å². The van der Waals surface area contributed by atoms with Gasteiger partial charge in [0.1, 0.15) is 24.4 Å². The Labute approximate surface area is 246 Å². The molecular formula is C33H40N2O7. The molecule has 0 unspecified atom stereocenters. The summed E-state index contributed by atoms with van der Waals surface area (Å²) in [5.74, 6) is -1.77. The van der Waals surface area contributed by atoms with Crippen LogP contribution in [-0.4, -0.2) is 41.7 Å². The molecule has 0 fully saturated rings. The van der Waals surface area contributed by atoms with E-state index in [2.05, 4.69) is 11.4 Å². The van der Waals surface area contributed by atoms with E-state index in [1.54, 1.807) is 20.8 Å². The van der Waals surface area contributed by atoms with Crippen molar-refractivity contribution >= 4 is 34.7 Å². The first-order valence-electron chi connectivity index (χ1n) is 14.1. The first-order chi connectivity index (χ1) is 20.0. The number of nitrogens with two attached hydrogens (primary N) is 1. The van der Waals surface area contributed by atoms with E-state index in [1.165, 1.54) is 0 Å². The summed E-state index contributed by atoms with van der Waals surface area (Å²) >= 11 is 0. The van der Waals surface area contributed by atoms with Crippen molar-refractivity contribution in [1.29, 1.82) is 0 Å². The number of esters is 2. The highest BCUT2D eigenvalue weighted by Crippen LogP contribution is 2.19. The fourth-order valence-electron chi connectivity index (χ4n) is 4.35. The van der Waals surface area contributed by atoms with Crippen LogP contribution in [0.5, 0.6) is 0 Å². The monoisotopic (exact) mass is 576 g/mol. The van der Waals surface area contributed by atoms with Gasteiger partial charge in [0.15, 0.2) is 0 Å². The first-order valence-corrected chi connectivity index (χ1v) is 14.1. The Bertz CT molecular complexity index is 1350. The van der Waals surface area contributed by atoms with Gasteiger partial charge in [0.25, 0.3) is 0 Å². The average Bonchev–Trinajstić information content (AvgIpc) is 2.93. The minimum absolute atomic E-state index is 0.0410. The van der Waals surface area contributed by atoms with Crippen molar-refractivity contribution in [1.82, 2.24) is 5.32 Å². The second-order valence-corrected chi connectivity index (χ2v) is 11.2. The molecule has 0 aromatic heterocycles. The standard InChI is InChI=1S/C33H40N2O7/c1-33(2,3)42-32(39)35-28(14-9-15-30(37)40-22-24-10-5-4-6-11-24)31(38)41-27(21-29(34)36)19-17-23-16-18-25-12-7-8-13-26(25)20-23/h4-8,10-13,16,18,20,27-28H,9,14-15,17,19,21-22H2,1-3H3,(H2,34,36)(H,35,39)/t27-,28-/m0/s1. The van der Waals surface area contributed by atoms with Crippen LogP contribution in [0.25, 0.3) is 10.8 Å². The number of carbonyl (C=O) groups excluding carboxylic acids is 4. The highest BCUT2D eigenvalue weighted by Gasteiger charge is 2.28. The number of carbonyl (C=O) groups is 4. The van der Waals surface area contributed by atoms with Crippen molar-refractivity contribution in [3.05, 3.63) is 83.9 Å². The molecule has 3 aromatic carbocycles. The molecule has 0 saturated heterocycles. The summed E-state index contributed by atoms with van der Waals surface area (Å²) in [7, 11) is 0. The number of benzene rings is 3. The van der Waals surface area contributed by atoms with Crippen LogP contribution < -0.4 is 11.1 Å². The summed E-state index contributed by atoms with van der Waals surface area (Å²) in [5.41, 5.74) is 6.56. The number of aryl methyl sites for hydroxylation is 1. The van der Waals surface area contributed by atoms with E-state index in [-0.39, 0.29) is 32.3 Å². The number of nitrogens with one attached hydrogen (secondary N) is 1. The lowest BCUT2D eigenvalue weighted by Crippen LogP contribution is -2.45. The number of rotatable bonds is 14. The summed E-state index contributed by atoms with van der Waals surface area (Å²) in [6.45, 7) is 5.27. The number of hydrogen-bond donors (Lipinski definition) is 2. The third-order valence-corrected chi connectivity index (χ3v) is 6.37. The zero-order valence-electron chi connectivity index (χ0n) is 24.5. The minimum Gasteiger partial charge on any atom is -0.461 e. The van der Waals surface area contributed by atoms with Gasteiger partial charge in [0, 0.05) is 6.42 Å². The number of alkyl carbamates (subject to hydrolysis) is 1. The summed E-state index contributed by atoms with van der Waals surface area (Å²) < 4.78 is 16.3. The number of fused-ring (bicyclic) bond motifs is 1. The molecule has 0 radical (unpaired) electrons. The lowest BCUT2D eigenvalue weighted by atomic mass is 10.0. The van der Waals surface area contributed by atoms with Crippen LogP contribution in [0.2, 0.25) is 0 Å². The van der Waals surface area contributed by atoms with E-state index in [1.807, 2.05) is 66.7 Å². The van der Waals surface area contributed by atoms with Crippen molar-refractivity contribution < 1.29 is 33.4 Å². The molecule has 0 aliphatic carbocycles. The predicted octanol–water partition coefficient (Wildman–Crippen LogP) is 5.37. The Morgan fingerprint density at radius 3 is 2.24 bits per heavy atom. The highest BCUT2D eigenvalue weighted by molar-refractivity contribution is 5.83. The second kappa shape index (κ2) is 15.6. The Morgan fingerprint density at radius 2 is 1.55 bits per heavy atom. The zero-order valence-corrected chi connectivity index (χ0v) is 24.5. The van der Waals surface area contributed by atoms with E-state index in [9.17, 15) is 19.2 Å². The molecule has 2 amide bonds. The van der Waals surface area contributed by atoms with Gasteiger partial charge in [-0.05, 0) is 68.4 Å². The van der Waals surface area contributed by atoms with Gasteiger partial charge in [-0.1, -0.05) is 72.8 Å². The zero-order chi connectivity index (χ0) is 30.5. The topological polar surface area (TPSA) is 134 Å². The largest absolute Gasteiger partial charge is 0.461 e. The molecule has 0 heterocycles. The fraction of sp³-hybridized carbons (Fsp3) is 0.394. The highest BCUT2D eigenvalue weighted by atomic mass is 16.6. The number of hydrogen-bond acceptors (Lipinski definition) is 7. The van der Waals surface area contributed by atoms with Gasteiger partial charge in [-0.25, -0.2) is 9.59 Å². The molecule has 3 rings (SSSR count). The molecule has 0 bridgehead atoms. The van der Waals surface area contributed by atoms with E-state index in [0.29, 0.717) is 12.8 Å². The Balaban J connectivity index is 1.61. The molecule has 224 valence electrons. The number of amides is 2. The maximum Gasteiger partial charge on any atom is 0.408 e. The lowest BCUT2D eigenvalue weighted by molar-refractivity contribution is -0.153. The van der Waals surface area contributed by atoms with E-state index in [4.69, 9.17) is 19.9 Å². The summed E-state index contributed by atoms with van der Waals surface area (Å²) in [6.07, 6.45) is -0.443. The maximum absolute atomic E-state index is 13.2. The summed E-state index contributed by atoms with van der Waals surface area (Å²) in [4.78, 5) is 49.8. The van der Waals surface area contributed by atoms with Gasteiger partial charge in [-0.2, -0.15) is 0 Å². The second-order valence-electron chi connectivity index (χ2n) is 11.2. The molecule has 9 heteroatoms. The minimum atomic E-state index is -1.10. The normalized spacial score (nSPS) is 12.6. The van der Waals surface area contributed by atoms with Gasteiger partial charge < -0.3 is 25.3 Å². The van der Waals surface area contributed by atoms with Crippen molar-refractivity contribution in [2.24, 2.45) is 5.73 Å². The van der Waals surface area contributed by atoms with Gasteiger partial charge in [-0.3, -0.25) is 9.59 Å². The Hall–Kier alpha value is -4.40. The van der Waals surface area contributed by atoms with Crippen molar-refractivity contribution in [2.75, 3.05) is 0 Å². The molecule has 0 aliphatic rings. The van der Waals surface area contributed by atoms with Crippen molar-refractivity contribution in [2.45, 2.75) is 83.6 Å². The Morgan fingerprint density at radius 1 is 0.857 bits per heavy atom. The quantitative estimate of drug-likeness (QED) is 0.195. The van der Waals surface area contributed by atoms with Crippen molar-refractivity contribution in [3.8, 4) is 0 Å². The SMILES string of the molecule is CC(C)(C)OC(=O)N[C@@H](CCCC(=O)OCc1ccccc1)C(=O)O[C@@H](CCc1ccc2ccccc2c1)CC(N)=O. The molecule has 9 nitrogen and oxygen atoms in total. The van der Waals surface area contributed by atoms with Gasteiger partial charge in [0.2, 0.25) is 5.91 Å². The molecule has 2 atom stereocenters. The van der Waals surface area contributed by atoms with Crippen LogP contribution in [0.3, 0.4) is 0 Å². The van der Waals surface area contributed by atoms with Crippen LogP contribution in [0.15, 0.2) is 72.8 Å². The third-order valence-electron chi connectivity index (χ3n) is 6.37. The molecule has 42 heavy (non-hydrogen) atoms. The maximum atomic E-state index is 13.2. The first kappa shape index (κ1) is 32.1. The van der Waals surface area contributed by atoms with E-state index in [0.717, 1.165) is 21.9 Å². The van der Waals surface area contributed by atoms with Crippen LogP contribution in [0, 0.1) is 0 Å². The van der Waals surface area contributed by atoms with Gasteiger partial charge >= 0.3 is 18.0 Å². The van der Waals surface area contributed by atoms with Crippen LogP contribution >= 0.6 is 0 Å². The summed E-state index contributed by atoms with van der Waals surface area (Å²) in [6, 6.07) is 22.2. The van der Waals surface area contributed by atoms with Crippen LogP contribution in [0.1, 0.15) is 64.0 Å². The molecular weight excluding hydrogens is 536 g/mol. The number of primary amides is 1. The lowest BCUT2D eigenvalue weighted by Gasteiger charge is -2.24. The molecule has 3 aromatic rings. The molecule has 0 saturated carbocycles. The van der Waals surface area contributed by atoms with Crippen LogP contribution in [0.4, 0.5) is 4.79 Å². The smallest absolute Gasteiger partial charge is 0.408 e. The fourth-order valence-corrected chi connectivity index (χ4v) is 4.35. The van der Waals surface area contributed by atoms with Gasteiger partial charge in [0.05, 0.1) is 6.42 Å². The molecule has 0 spiro atoms. The van der Waals surface area contributed by atoms with Crippen LogP contribution in [-0.2, 0) is 41.6 Å². The average molecular weight is 577 g/mol. The predicted molar refractivity (Wildman–Crippen MR) is 159 cm³/mol. The van der Waals surface area contributed by atoms with E-state index >= 15 is 0 Å². The Kier molecular flexibility index (Phi) is 11.9. The number of ether oxygens (including phenoxy) is 3. The molecule has 0 aliphatic heterocycles. The van der Waals surface area contributed by atoms with Crippen molar-refractivity contribution in [3.63, 3.8) is 0 Å². The molecule has 3 N–H and O–H groups in total. The third kappa shape index (κ3) is 11.6.